The third kappa shape index (κ3) is 4.10. The third-order valence-corrected chi connectivity index (χ3v) is 4.69. The predicted octanol–water partition coefficient (Wildman–Crippen LogP) is 1.68. The molecular formula is C18H25N3O2. The molecule has 5 nitrogen and oxygen atoms in total. The van der Waals surface area contributed by atoms with Crippen molar-refractivity contribution in [1.82, 2.24) is 15.5 Å². The summed E-state index contributed by atoms with van der Waals surface area (Å²) in [6.45, 7) is 3.16. The lowest BCUT2D eigenvalue weighted by Gasteiger charge is -2.26. The number of carbonyl (C=O) groups excluding carboxylic acids is 2. The van der Waals surface area contributed by atoms with Crippen LogP contribution in [0.5, 0.6) is 0 Å². The van der Waals surface area contributed by atoms with Crippen LogP contribution in [0.25, 0.3) is 0 Å². The molecule has 5 heteroatoms. The summed E-state index contributed by atoms with van der Waals surface area (Å²) < 4.78 is 0. The van der Waals surface area contributed by atoms with E-state index >= 15 is 0 Å². The van der Waals surface area contributed by atoms with E-state index in [-0.39, 0.29) is 17.9 Å². The van der Waals surface area contributed by atoms with Gasteiger partial charge in [0, 0.05) is 25.2 Å². The number of nitrogens with zero attached hydrogens (tertiary/aromatic N) is 1. The molecule has 1 aromatic rings. The molecule has 2 fully saturated rings. The highest BCUT2D eigenvalue weighted by Crippen LogP contribution is 2.14. The Balaban J connectivity index is 1.52. The second kappa shape index (κ2) is 7.59. The van der Waals surface area contributed by atoms with Crippen LogP contribution in [0, 0.1) is 0 Å². The Kier molecular flexibility index (Phi) is 5.28. The van der Waals surface area contributed by atoms with Gasteiger partial charge >= 0.3 is 0 Å². The summed E-state index contributed by atoms with van der Waals surface area (Å²) >= 11 is 0. The second-order valence-corrected chi connectivity index (χ2v) is 6.42. The Morgan fingerprint density at radius 2 is 1.83 bits per heavy atom. The summed E-state index contributed by atoms with van der Waals surface area (Å²) in [6, 6.07) is 7.55. The van der Waals surface area contributed by atoms with Crippen LogP contribution in [-0.2, 0) is 11.3 Å². The number of likely N-dealkylation sites (tertiary alicyclic amines) is 1. The lowest BCUT2D eigenvalue weighted by Crippen LogP contribution is -2.40. The fourth-order valence-electron chi connectivity index (χ4n) is 3.27. The SMILES string of the molecule is O=C(NCc1ccc(C(=O)N2CCCCC2)cc1)C1CCCN1. The van der Waals surface area contributed by atoms with Crippen LogP contribution >= 0.6 is 0 Å². The molecule has 2 aliphatic rings. The molecule has 0 radical (unpaired) electrons. The molecule has 0 saturated carbocycles. The summed E-state index contributed by atoms with van der Waals surface area (Å²) in [4.78, 5) is 26.3. The van der Waals surface area contributed by atoms with Gasteiger partial charge in [-0.15, -0.1) is 0 Å². The maximum absolute atomic E-state index is 12.4. The van der Waals surface area contributed by atoms with Gasteiger partial charge in [0.05, 0.1) is 6.04 Å². The molecule has 2 amide bonds. The number of hydrogen-bond donors (Lipinski definition) is 2. The molecule has 0 aromatic heterocycles. The Bertz CT molecular complexity index is 544. The van der Waals surface area contributed by atoms with Crippen LogP contribution in [0.2, 0.25) is 0 Å². The summed E-state index contributed by atoms with van der Waals surface area (Å²) in [7, 11) is 0. The topological polar surface area (TPSA) is 61.4 Å². The first-order valence-electron chi connectivity index (χ1n) is 8.63. The fraction of sp³-hybridized carbons (Fsp3) is 0.556. The van der Waals surface area contributed by atoms with E-state index in [9.17, 15) is 9.59 Å². The molecule has 2 saturated heterocycles. The maximum atomic E-state index is 12.4. The average Bonchev–Trinajstić information content (AvgIpc) is 3.15. The van der Waals surface area contributed by atoms with Crippen molar-refractivity contribution >= 4 is 11.8 Å². The third-order valence-electron chi connectivity index (χ3n) is 4.69. The largest absolute Gasteiger partial charge is 0.351 e. The number of rotatable bonds is 4. The van der Waals surface area contributed by atoms with E-state index in [0.717, 1.165) is 56.4 Å². The van der Waals surface area contributed by atoms with E-state index in [1.165, 1.54) is 6.42 Å². The van der Waals surface area contributed by atoms with Crippen molar-refractivity contribution in [1.29, 1.82) is 0 Å². The van der Waals surface area contributed by atoms with Crippen LogP contribution < -0.4 is 10.6 Å². The lowest BCUT2D eigenvalue weighted by molar-refractivity contribution is -0.122. The average molecular weight is 315 g/mol. The second-order valence-electron chi connectivity index (χ2n) is 6.42. The van der Waals surface area contributed by atoms with Crippen LogP contribution in [-0.4, -0.2) is 42.4 Å². The molecule has 23 heavy (non-hydrogen) atoms. The molecular weight excluding hydrogens is 290 g/mol. The van der Waals surface area contributed by atoms with E-state index in [2.05, 4.69) is 10.6 Å². The van der Waals surface area contributed by atoms with Crippen molar-refractivity contribution in [3.63, 3.8) is 0 Å². The zero-order valence-corrected chi connectivity index (χ0v) is 13.5. The Morgan fingerprint density at radius 3 is 2.48 bits per heavy atom. The number of carbonyl (C=O) groups is 2. The van der Waals surface area contributed by atoms with Gasteiger partial charge in [-0.2, -0.15) is 0 Å². The highest BCUT2D eigenvalue weighted by atomic mass is 16.2. The van der Waals surface area contributed by atoms with Gasteiger partial charge in [0.15, 0.2) is 0 Å². The molecule has 1 aromatic carbocycles. The van der Waals surface area contributed by atoms with E-state index < -0.39 is 0 Å². The zero-order chi connectivity index (χ0) is 16.1. The van der Waals surface area contributed by atoms with Crippen LogP contribution in [0.15, 0.2) is 24.3 Å². The maximum Gasteiger partial charge on any atom is 0.253 e. The molecule has 2 N–H and O–H groups in total. The monoisotopic (exact) mass is 315 g/mol. The van der Waals surface area contributed by atoms with Gasteiger partial charge in [-0.1, -0.05) is 12.1 Å². The van der Waals surface area contributed by atoms with Gasteiger partial charge in [0.25, 0.3) is 5.91 Å². The Morgan fingerprint density at radius 1 is 1.09 bits per heavy atom. The number of piperidine rings is 1. The van der Waals surface area contributed by atoms with Gasteiger partial charge in [0.1, 0.15) is 0 Å². The van der Waals surface area contributed by atoms with Crippen molar-refractivity contribution in [3.8, 4) is 0 Å². The number of amides is 2. The quantitative estimate of drug-likeness (QED) is 0.889. The summed E-state index contributed by atoms with van der Waals surface area (Å²) in [5, 5.41) is 6.15. The van der Waals surface area contributed by atoms with E-state index in [4.69, 9.17) is 0 Å². The first kappa shape index (κ1) is 16.0. The standard InChI is InChI=1S/C18H25N3O2/c22-17(16-5-4-10-19-16)20-13-14-6-8-15(9-7-14)18(23)21-11-2-1-3-12-21/h6-9,16,19H,1-5,10-13H2,(H,20,22). The number of benzene rings is 1. The minimum atomic E-state index is -0.0463. The van der Waals surface area contributed by atoms with Gasteiger partial charge in [0.2, 0.25) is 5.91 Å². The van der Waals surface area contributed by atoms with Crippen molar-refractivity contribution < 1.29 is 9.59 Å². The van der Waals surface area contributed by atoms with Crippen molar-refractivity contribution in [2.24, 2.45) is 0 Å². The lowest BCUT2D eigenvalue weighted by atomic mass is 10.1. The molecule has 1 atom stereocenters. The molecule has 0 aliphatic carbocycles. The predicted molar refractivity (Wildman–Crippen MR) is 89.1 cm³/mol. The first-order chi connectivity index (χ1) is 11.2. The highest BCUT2D eigenvalue weighted by molar-refractivity contribution is 5.94. The van der Waals surface area contributed by atoms with Gasteiger partial charge in [-0.25, -0.2) is 0 Å². The smallest absolute Gasteiger partial charge is 0.253 e. The number of nitrogens with one attached hydrogen (secondary N) is 2. The molecule has 3 rings (SSSR count). The minimum Gasteiger partial charge on any atom is -0.351 e. The molecule has 2 heterocycles. The Hall–Kier alpha value is -1.88. The van der Waals surface area contributed by atoms with Crippen molar-refractivity contribution in [2.75, 3.05) is 19.6 Å². The van der Waals surface area contributed by atoms with E-state index in [0.29, 0.717) is 6.54 Å². The fourth-order valence-corrected chi connectivity index (χ4v) is 3.27. The summed E-state index contributed by atoms with van der Waals surface area (Å²) in [5.41, 5.74) is 1.76. The normalized spacial score (nSPS) is 21.2. The molecule has 124 valence electrons. The van der Waals surface area contributed by atoms with Gasteiger partial charge < -0.3 is 15.5 Å². The zero-order valence-electron chi connectivity index (χ0n) is 13.5. The highest BCUT2D eigenvalue weighted by Gasteiger charge is 2.21. The van der Waals surface area contributed by atoms with Crippen LogP contribution in [0.1, 0.15) is 48.0 Å². The van der Waals surface area contributed by atoms with E-state index in [1.54, 1.807) is 0 Å². The first-order valence-corrected chi connectivity index (χ1v) is 8.63. The summed E-state index contributed by atoms with van der Waals surface area (Å²) in [6.07, 6.45) is 5.40. The van der Waals surface area contributed by atoms with Crippen LogP contribution in [0.4, 0.5) is 0 Å². The molecule has 1 unspecified atom stereocenters. The molecule has 2 aliphatic heterocycles. The van der Waals surface area contributed by atoms with Crippen LogP contribution in [0.3, 0.4) is 0 Å². The van der Waals surface area contributed by atoms with Crippen molar-refractivity contribution in [2.45, 2.75) is 44.7 Å². The van der Waals surface area contributed by atoms with E-state index in [1.807, 2.05) is 29.2 Å². The molecule has 0 spiro atoms. The molecule has 0 bridgehead atoms. The van der Waals surface area contributed by atoms with Gasteiger partial charge in [-0.3, -0.25) is 9.59 Å². The minimum absolute atomic E-state index is 0.0463. The summed E-state index contributed by atoms with van der Waals surface area (Å²) in [5.74, 6) is 0.186. The Labute approximate surface area is 137 Å². The van der Waals surface area contributed by atoms with Gasteiger partial charge in [-0.05, 0) is 56.3 Å². The number of hydrogen-bond acceptors (Lipinski definition) is 3. The van der Waals surface area contributed by atoms with Crippen molar-refractivity contribution in [3.05, 3.63) is 35.4 Å².